The third-order valence-electron chi connectivity index (χ3n) is 4.30. The van der Waals surface area contributed by atoms with Gasteiger partial charge in [-0.3, -0.25) is 0 Å². The Morgan fingerprint density at radius 1 is 1.33 bits per heavy atom. The summed E-state index contributed by atoms with van der Waals surface area (Å²) in [7, 11) is 0. The molecule has 0 amide bonds. The molecule has 3 heterocycles. The zero-order valence-electron chi connectivity index (χ0n) is 13.4. The van der Waals surface area contributed by atoms with E-state index in [0.29, 0.717) is 18.1 Å². The lowest BCUT2D eigenvalue weighted by molar-refractivity contribution is 0.275. The molecule has 0 aliphatic carbocycles. The second-order valence-electron chi connectivity index (χ2n) is 5.93. The number of benzene rings is 1. The molecule has 4 rings (SSSR count). The molecule has 0 radical (unpaired) electrons. The molecule has 24 heavy (non-hydrogen) atoms. The molecule has 0 saturated carbocycles. The van der Waals surface area contributed by atoms with E-state index in [-0.39, 0.29) is 17.6 Å². The first-order chi connectivity index (χ1) is 11.7. The van der Waals surface area contributed by atoms with Crippen LogP contribution < -0.4 is 9.64 Å². The van der Waals surface area contributed by atoms with Crippen molar-refractivity contribution in [3.05, 3.63) is 42.2 Å². The molecule has 1 aromatic carbocycles. The van der Waals surface area contributed by atoms with Crippen LogP contribution >= 0.6 is 0 Å². The molecule has 3 aromatic rings. The van der Waals surface area contributed by atoms with Crippen LogP contribution in [0.4, 0.5) is 10.2 Å². The van der Waals surface area contributed by atoms with Crippen molar-refractivity contribution in [1.82, 2.24) is 19.9 Å². The molecule has 2 aromatic heterocycles. The lowest BCUT2D eigenvalue weighted by Crippen LogP contribution is -2.35. The Morgan fingerprint density at radius 2 is 2.21 bits per heavy atom. The summed E-state index contributed by atoms with van der Waals surface area (Å²) >= 11 is 0. The van der Waals surface area contributed by atoms with Crippen LogP contribution in [0.1, 0.15) is 18.7 Å². The van der Waals surface area contributed by atoms with Crippen molar-refractivity contribution in [3.8, 4) is 5.75 Å². The number of rotatable bonds is 4. The van der Waals surface area contributed by atoms with Crippen LogP contribution in [0.15, 0.2) is 30.6 Å². The van der Waals surface area contributed by atoms with Crippen LogP contribution in [-0.4, -0.2) is 39.1 Å². The van der Waals surface area contributed by atoms with Gasteiger partial charge in [-0.25, -0.2) is 19.3 Å². The Labute approximate surface area is 138 Å². The van der Waals surface area contributed by atoms with Gasteiger partial charge >= 0.3 is 0 Å². The average molecular weight is 327 g/mol. The number of fused-ring (bicyclic) bond motifs is 1. The fourth-order valence-corrected chi connectivity index (χ4v) is 3.17. The van der Waals surface area contributed by atoms with Gasteiger partial charge in [0.25, 0.3) is 0 Å². The van der Waals surface area contributed by atoms with E-state index < -0.39 is 0 Å². The number of nitrogens with one attached hydrogen (secondary N) is 1. The Morgan fingerprint density at radius 3 is 3.08 bits per heavy atom. The fraction of sp³-hybridized carbons (Fsp3) is 0.353. The van der Waals surface area contributed by atoms with Gasteiger partial charge in [-0.2, -0.15) is 0 Å². The molecule has 1 atom stereocenters. The van der Waals surface area contributed by atoms with Crippen molar-refractivity contribution < 1.29 is 9.13 Å². The average Bonchev–Trinajstić information content (AvgIpc) is 3.22. The zero-order valence-corrected chi connectivity index (χ0v) is 13.4. The number of hydrogen-bond donors (Lipinski definition) is 1. The number of aromatic amines is 1. The second kappa shape index (κ2) is 6.07. The van der Waals surface area contributed by atoms with E-state index in [2.05, 4.69) is 24.8 Å². The minimum absolute atomic E-state index is 0.144. The van der Waals surface area contributed by atoms with Gasteiger partial charge in [0.05, 0.1) is 12.4 Å². The number of anilines is 1. The maximum Gasteiger partial charge on any atom is 0.183 e. The van der Waals surface area contributed by atoms with Crippen molar-refractivity contribution in [1.29, 1.82) is 0 Å². The van der Waals surface area contributed by atoms with Gasteiger partial charge in [-0.15, -0.1) is 0 Å². The van der Waals surface area contributed by atoms with Gasteiger partial charge in [-0.1, -0.05) is 12.1 Å². The molecule has 0 spiro atoms. The highest BCUT2D eigenvalue weighted by Gasteiger charge is 2.29. The van der Waals surface area contributed by atoms with Gasteiger partial charge in [0.2, 0.25) is 0 Å². The maximum atomic E-state index is 13.7. The first kappa shape index (κ1) is 14.9. The standard InChI is InChI=1S/C17H18FN5O/c1-11-21-16-15(19-10-20-16)17(22-11)23-8-4-5-12(23)9-24-14-7-3-2-6-13(14)18/h2-3,6-7,10,12H,4-5,8-9H2,1H3,(H,19,20,21,22). The summed E-state index contributed by atoms with van der Waals surface area (Å²) in [5.74, 6) is 1.48. The molecule has 1 fully saturated rings. The van der Waals surface area contributed by atoms with Crippen LogP contribution in [0.5, 0.6) is 5.75 Å². The largest absolute Gasteiger partial charge is 0.488 e. The summed E-state index contributed by atoms with van der Waals surface area (Å²) in [5, 5.41) is 0. The SMILES string of the molecule is Cc1nc(N2CCCC2COc2ccccc2F)c2[nH]cnc2n1. The molecular weight excluding hydrogens is 309 g/mol. The summed E-state index contributed by atoms with van der Waals surface area (Å²) in [6.07, 6.45) is 3.65. The number of H-pyrrole nitrogens is 1. The normalized spacial score (nSPS) is 17.6. The lowest BCUT2D eigenvalue weighted by Gasteiger charge is -2.26. The minimum atomic E-state index is -0.337. The summed E-state index contributed by atoms with van der Waals surface area (Å²) in [4.78, 5) is 18.5. The molecule has 6 nitrogen and oxygen atoms in total. The molecular formula is C17H18FN5O. The first-order valence-corrected chi connectivity index (χ1v) is 8.04. The number of ether oxygens (including phenoxy) is 1. The number of halogens is 1. The summed E-state index contributed by atoms with van der Waals surface area (Å²) in [5.41, 5.74) is 1.50. The van der Waals surface area contributed by atoms with Crippen LogP contribution in [0, 0.1) is 12.7 Å². The van der Waals surface area contributed by atoms with E-state index in [1.807, 2.05) is 6.92 Å². The molecule has 0 bridgehead atoms. The highest BCUT2D eigenvalue weighted by atomic mass is 19.1. The number of para-hydroxylation sites is 1. The third-order valence-corrected chi connectivity index (χ3v) is 4.30. The quantitative estimate of drug-likeness (QED) is 0.798. The molecule has 1 unspecified atom stereocenters. The number of hydrogen-bond acceptors (Lipinski definition) is 5. The number of aryl methyl sites for hydroxylation is 1. The van der Waals surface area contributed by atoms with E-state index in [0.717, 1.165) is 30.7 Å². The number of nitrogens with zero attached hydrogens (tertiary/aromatic N) is 4. The summed E-state index contributed by atoms with van der Waals surface area (Å²) in [6, 6.07) is 6.63. The molecule has 1 aliphatic heterocycles. The van der Waals surface area contributed by atoms with Gasteiger partial charge in [0.15, 0.2) is 23.0 Å². The number of imidazole rings is 1. The fourth-order valence-electron chi connectivity index (χ4n) is 3.17. The maximum absolute atomic E-state index is 13.7. The first-order valence-electron chi connectivity index (χ1n) is 8.04. The Hall–Kier alpha value is -2.70. The predicted octanol–water partition coefficient (Wildman–Crippen LogP) is 2.85. The molecule has 1 saturated heterocycles. The van der Waals surface area contributed by atoms with Crippen LogP contribution in [0.2, 0.25) is 0 Å². The molecule has 124 valence electrons. The van der Waals surface area contributed by atoms with Gasteiger partial charge in [-0.05, 0) is 31.9 Å². The Balaban J connectivity index is 1.58. The van der Waals surface area contributed by atoms with Gasteiger partial charge < -0.3 is 14.6 Å². The van der Waals surface area contributed by atoms with E-state index in [4.69, 9.17) is 4.74 Å². The molecule has 1 N–H and O–H groups in total. The van der Waals surface area contributed by atoms with Crippen molar-refractivity contribution >= 4 is 17.0 Å². The summed E-state index contributed by atoms with van der Waals surface area (Å²) < 4.78 is 19.4. The zero-order chi connectivity index (χ0) is 16.5. The van der Waals surface area contributed by atoms with Crippen LogP contribution in [0.3, 0.4) is 0 Å². The number of aromatic nitrogens is 4. The molecule has 1 aliphatic rings. The van der Waals surface area contributed by atoms with E-state index in [9.17, 15) is 4.39 Å². The third kappa shape index (κ3) is 2.66. The van der Waals surface area contributed by atoms with Crippen molar-refractivity contribution in [2.75, 3.05) is 18.1 Å². The van der Waals surface area contributed by atoms with E-state index in [1.165, 1.54) is 6.07 Å². The molecule has 7 heteroatoms. The minimum Gasteiger partial charge on any atom is -0.488 e. The lowest BCUT2D eigenvalue weighted by atomic mass is 10.2. The summed E-state index contributed by atoms with van der Waals surface area (Å²) in [6.45, 7) is 3.16. The Kier molecular flexibility index (Phi) is 3.76. The van der Waals surface area contributed by atoms with Crippen molar-refractivity contribution in [3.63, 3.8) is 0 Å². The Bertz CT molecular complexity index is 865. The second-order valence-corrected chi connectivity index (χ2v) is 5.93. The topological polar surface area (TPSA) is 66.9 Å². The van der Waals surface area contributed by atoms with Gasteiger partial charge in [0.1, 0.15) is 17.9 Å². The highest BCUT2D eigenvalue weighted by Crippen LogP contribution is 2.29. The smallest absolute Gasteiger partial charge is 0.183 e. The monoisotopic (exact) mass is 327 g/mol. The van der Waals surface area contributed by atoms with Crippen molar-refractivity contribution in [2.24, 2.45) is 0 Å². The van der Waals surface area contributed by atoms with E-state index in [1.54, 1.807) is 24.5 Å². The van der Waals surface area contributed by atoms with Crippen LogP contribution in [-0.2, 0) is 0 Å². The van der Waals surface area contributed by atoms with Crippen LogP contribution in [0.25, 0.3) is 11.2 Å². The highest BCUT2D eigenvalue weighted by molar-refractivity contribution is 5.83. The van der Waals surface area contributed by atoms with Gasteiger partial charge in [0, 0.05) is 6.54 Å². The van der Waals surface area contributed by atoms with Crippen molar-refractivity contribution in [2.45, 2.75) is 25.8 Å². The predicted molar refractivity (Wildman–Crippen MR) is 88.7 cm³/mol. The van der Waals surface area contributed by atoms with E-state index >= 15 is 0 Å².